The third-order valence-corrected chi connectivity index (χ3v) is 4.77. The van der Waals surface area contributed by atoms with Gasteiger partial charge < -0.3 is 15.7 Å². The van der Waals surface area contributed by atoms with Crippen molar-refractivity contribution < 1.29 is 9.50 Å². The third kappa shape index (κ3) is 3.44. The van der Waals surface area contributed by atoms with Crippen LogP contribution in [0.5, 0.6) is 5.75 Å². The number of nitrogens with zero attached hydrogens (tertiary/aromatic N) is 4. The Morgan fingerprint density at radius 2 is 2.00 bits per heavy atom. The summed E-state index contributed by atoms with van der Waals surface area (Å²) in [5.74, 6) is 0.235. The summed E-state index contributed by atoms with van der Waals surface area (Å²) < 4.78 is 15.7. The Morgan fingerprint density at radius 1 is 1.22 bits per heavy atom. The quantitative estimate of drug-likeness (QED) is 0.654. The molecule has 4 rings (SSSR count). The van der Waals surface area contributed by atoms with E-state index in [4.69, 9.17) is 5.10 Å². The molecular weight excluding hydrogens is 347 g/mol. The first-order valence-corrected chi connectivity index (χ1v) is 9.25. The highest BCUT2D eigenvalue weighted by Crippen LogP contribution is 2.33. The molecular formula is C19H23FN6O. The zero-order valence-corrected chi connectivity index (χ0v) is 15.4. The molecule has 3 aromatic rings. The van der Waals surface area contributed by atoms with Gasteiger partial charge in [0.1, 0.15) is 11.6 Å². The molecule has 0 amide bonds. The van der Waals surface area contributed by atoms with Crippen LogP contribution in [0.3, 0.4) is 0 Å². The molecule has 0 spiro atoms. The molecule has 7 nitrogen and oxygen atoms in total. The second-order valence-corrected chi connectivity index (χ2v) is 7.20. The molecule has 1 aliphatic rings. The molecule has 27 heavy (non-hydrogen) atoms. The second kappa shape index (κ2) is 7.11. The molecule has 1 aromatic carbocycles. The molecule has 1 saturated heterocycles. The van der Waals surface area contributed by atoms with Gasteiger partial charge in [-0.2, -0.15) is 5.10 Å². The third-order valence-electron chi connectivity index (χ3n) is 4.77. The van der Waals surface area contributed by atoms with Crippen LogP contribution in [0.4, 0.5) is 10.2 Å². The number of fused-ring (bicyclic) bond motifs is 1. The van der Waals surface area contributed by atoms with Gasteiger partial charge in [-0.15, -0.1) is 10.2 Å². The Morgan fingerprint density at radius 3 is 2.74 bits per heavy atom. The summed E-state index contributed by atoms with van der Waals surface area (Å²) in [5.41, 5.74) is 2.26. The van der Waals surface area contributed by atoms with Crippen LogP contribution < -0.4 is 10.6 Å². The lowest BCUT2D eigenvalue weighted by molar-refractivity contribution is 0.351. The highest BCUT2D eigenvalue weighted by Gasteiger charge is 2.23. The highest BCUT2D eigenvalue weighted by molar-refractivity contribution is 5.88. The Bertz CT molecular complexity index is 964. The smallest absolute Gasteiger partial charge is 0.176 e. The van der Waals surface area contributed by atoms with E-state index in [0.29, 0.717) is 22.6 Å². The van der Waals surface area contributed by atoms with Crippen molar-refractivity contribution in [3.05, 3.63) is 30.1 Å². The topological polar surface area (TPSA) is 87.9 Å². The van der Waals surface area contributed by atoms with Crippen molar-refractivity contribution in [3.8, 4) is 17.0 Å². The van der Waals surface area contributed by atoms with E-state index in [1.165, 1.54) is 18.2 Å². The number of piperidine rings is 1. The van der Waals surface area contributed by atoms with Gasteiger partial charge in [0.2, 0.25) is 0 Å². The summed E-state index contributed by atoms with van der Waals surface area (Å²) >= 11 is 0. The Kier molecular flexibility index (Phi) is 4.65. The first kappa shape index (κ1) is 17.7. The first-order chi connectivity index (χ1) is 13.0. The number of hydrogen-bond donors (Lipinski definition) is 3. The van der Waals surface area contributed by atoms with Crippen molar-refractivity contribution in [3.63, 3.8) is 0 Å². The van der Waals surface area contributed by atoms with Crippen molar-refractivity contribution >= 4 is 16.9 Å². The lowest BCUT2D eigenvalue weighted by Gasteiger charge is -2.23. The average Bonchev–Trinajstić information content (AvgIpc) is 3.01. The summed E-state index contributed by atoms with van der Waals surface area (Å²) in [7, 11) is 0. The fourth-order valence-electron chi connectivity index (χ4n) is 3.48. The minimum atomic E-state index is -0.432. The maximum absolute atomic E-state index is 13.7. The van der Waals surface area contributed by atoms with Crippen LogP contribution in [0.25, 0.3) is 22.3 Å². The van der Waals surface area contributed by atoms with Crippen LogP contribution in [0.2, 0.25) is 0 Å². The fraction of sp³-hybridized carbons (Fsp3) is 0.421. The van der Waals surface area contributed by atoms with Gasteiger partial charge >= 0.3 is 0 Å². The van der Waals surface area contributed by atoms with Crippen molar-refractivity contribution in [1.29, 1.82) is 0 Å². The summed E-state index contributed by atoms with van der Waals surface area (Å²) in [4.78, 5) is 0. The van der Waals surface area contributed by atoms with Crippen molar-refractivity contribution in [2.45, 2.75) is 38.8 Å². The number of phenols is 1. The summed E-state index contributed by atoms with van der Waals surface area (Å²) in [5, 5.41) is 30.2. The fourth-order valence-corrected chi connectivity index (χ4v) is 3.48. The monoisotopic (exact) mass is 370 g/mol. The van der Waals surface area contributed by atoms with Crippen LogP contribution in [0, 0.1) is 5.82 Å². The number of anilines is 1. The summed E-state index contributed by atoms with van der Waals surface area (Å²) in [6.07, 6.45) is 1.95. The second-order valence-electron chi connectivity index (χ2n) is 7.20. The van der Waals surface area contributed by atoms with E-state index in [1.807, 2.05) is 24.6 Å². The van der Waals surface area contributed by atoms with Crippen molar-refractivity contribution in [2.75, 3.05) is 18.4 Å². The van der Waals surface area contributed by atoms with E-state index in [9.17, 15) is 9.50 Å². The molecule has 0 unspecified atom stereocenters. The average molecular weight is 370 g/mol. The molecule has 0 atom stereocenters. The summed E-state index contributed by atoms with van der Waals surface area (Å²) in [6.45, 7) is 5.97. The molecule has 1 fully saturated rings. The van der Waals surface area contributed by atoms with Gasteiger partial charge in [0.25, 0.3) is 0 Å². The molecule has 8 heteroatoms. The van der Waals surface area contributed by atoms with Gasteiger partial charge in [0, 0.05) is 11.6 Å². The maximum Gasteiger partial charge on any atom is 0.176 e. The van der Waals surface area contributed by atoms with Crippen LogP contribution in [0.1, 0.15) is 32.7 Å². The molecule has 0 radical (unpaired) electrons. The normalized spacial score (nSPS) is 15.6. The number of aromatic hydroxyl groups is 1. The van der Waals surface area contributed by atoms with E-state index < -0.39 is 5.82 Å². The van der Waals surface area contributed by atoms with Crippen molar-refractivity contribution in [2.24, 2.45) is 0 Å². The number of rotatable bonds is 4. The van der Waals surface area contributed by atoms with E-state index in [0.717, 1.165) is 31.4 Å². The number of halogens is 1. The highest BCUT2D eigenvalue weighted by atomic mass is 19.1. The van der Waals surface area contributed by atoms with Crippen LogP contribution in [-0.4, -0.2) is 44.2 Å². The van der Waals surface area contributed by atoms with Crippen LogP contribution >= 0.6 is 0 Å². The van der Waals surface area contributed by atoms with Crippen molar-refractivity contribution in [1.82, 2.24) is 25.3 Å². The SMILES string of the molecule is CC(C)Nc1nn(C2CCNCC2)c2cc(-c3cc(F)ccc3O)nnc12. The first-order valence-electron chi connectivity index (χ1n) is 9.25. The zero-order valence-electron chi connectivity index (χ0n) is 15.4. The predicted octanol–water partition coefficient (Wildman–Crippen LogP) is 3.08. The summed E-state index contributed by atoms with van der Waals surface area (Å²) in [6, 6.07) is 6.11. The predicted molar refractivity (Wildman–Crippen MR) is 102 cm³/mol. The molecule has 3 heterocycles. The number of phenolic OH excluding ortho intramolecular Hbond substituents is 1. The van der Waals surface area contributed by atoms with Gasteiger partial charge in [-0.1, -0.05) is 0 Å². The Balaban J connectivity index is 1.86. The number of aromatic nitrogens is 4. The molecule has 0 aliphatic carbocycles. The largest absolute Gasteiger partial charge is 0.507 e. The van der Waals surface area contributed by atoms with E-state index in [-0.39, 0.29) is 17.8 Å². The molecule has 1 aliphatic heterocycles. The lowest BCUT2D eigenvalue weighted by atomic mass is 10.1. The van der Waals surface area contributed by atoms with Crippen LogP contribution in [-0.2, 0) is 0 Å². The molecule has 0 bridgehead atoms. The van der Waals surface area contributed by atoms with Gasteiger partial charge in [0.15, 0.2) is 11.3 Å². The number of benzene rings is 1. The number of hydrogen-bond acceptors (Lipinski definition) is 6. The van der Waals surface area contributed by atoms with E-state index >= 15 is 0 Å². The van der Waals surface area contributed by atoms with Gasteiger partial charge in [-0.05, 0) is 64.0 Å². The Hall–Kier alpha value is -2.74. The standard InChI is InChI=1S/C19H23FN6O/c1-11(2)22-19-18-16(26(25-19)13-5-7-21-8-6-13)10-15(23-24-18)14-9-12(20)3-4-17(14)27/h3-4,9-11,13,21,27H,5-8H2,1-2H3,(H,22,25). The Labute approximate surface area is 156 Å². The lowest BCUT2D eigenvalue weighted by Crippen LogP contribution is -2.29. The molecule has 0 saturated carbocycles. The maximum atomic E-state index is 13.7. The van der Waals surface area contributed by atoms with E-state index in [2.05, 4.69) is 20.8 Å². The molecule has 3 N–H and O–H groups in total. The zero-order chi connectivity index (χ0) is 19.0. The van der Waals surface area contributed by atoms with Crippen LogP contribution in [0.15, 0.2) is 24.3 Å². The van der Waals surface area contributed by atoms with Gasteiger partial charge in [0.05, 0.1) is 17.3 Å². The number of nitrogens with one attached hydrogen (secondary N) is 2. The minimum Gasteiger partial charge on any atom is -0.507 e. The minimum absolute atomic E-state index is 0.0292. The molecule has 2 aromatic heterocycles. The van der Waals surface area contributed by atoms with Gasteiger partial charge in [-0.25, -0.2) is 4.39 Å². The van der Waals surface area contributed by atoms with Gasteiger partial charge in [-0.3, -0.25) is 4.68 Å². The molecule has 142 valence electrons. The van der Waals surface area contributed by atoms with E-state index in [1.54, 1.807) is 0 Å².